The second-order valence-electron chi connectivity index (χ2n) is 12.6. The van der Waals surface area contributed by atoms with Gasteiger partial charge in [-0.05, 0) is 114 Å². The van der Waals surface area contributed by atoms with Gasteiger partial charge in [0.05, 0.1) is 12.5 Å². The quantitative estimate of drug-likeness (QED) is 0.660. The summed E-state index contributed by atoms with van der Waals surface area (Å²) >= 11 is 0. The van der Waals surface area contributed by atoms with Crippen molar-refractivity contribution in [3.63, 3.8) is 0 Å². The Morgan fingerprint density at radius 3 is 2.27 bits per heavy atom. The Labute approximate surface area is 156 Å². The topological polar surface area (TPSA) is 26.3 Å². The molecular weight excluding hydrogens is 320 g/mol. The Balaban J connectivity index is 1.48. The smallest absolute Gasteiger partial charge is 0.312 e. The highest BCUT2D eigenvalue weighted by atomic mass is 16.5. The summed E-state index contributed by atoms with van der Waals surface area (Å²) in [4.78, 5) is 13.4. The minimum Gasteiger partial charge on any atom is -0.469 e. The molecule has 26 heavy (non-hydrogen) atoms. The van der Waals surface area contributed by atoms with Crippen LogP contribution >= 0.6 is 0 Å². The molecule has 8 aliphatic carbocycles. The first kappa shape index (κ1) is 14.5. The number of rotatable bonds is 1. The Kier molecular flexibility index (Phi) is 1.98. The van der Waals surface area contributed by atoms with Crippen LogP contribution < -0.4 is 0 Å². The molecule has 0 heterocycles. The molecule has 0 saturated heterocycles. The number of methoxy groups -OCH3 is 1. The second kappa shape index (κ2) is 3.57. The third kappa shape index (κ3) is 0.937. The van der Waals surface area contributed by atoms with Crippen LogP contribution in [0.5, 0.6) is 0 Å². The van der Waals surface area contributed by atoms with Gasteiger partial charge in [-0.3, -0.25) is 4.79 Å². The molecule has 0 spiro atoms. The van der Waals surface area contributed by atoms with E-state index in [-0.39, 0.29) is 11.4 Å². The van der Waals surface area contributed by atoms with Gasteiger partial charge in [0, 0.05) is 0 Å². The second-order valence-corrected chi connectivity index (χ2v) is 12.6. The Morgan fingerprint density at radius 1 is 0.808 bits per heavy atom. The number of fused-ring (bicyclic) bond motifs is 4. The van der Waals surface area contributed by atoms with Crippen LogP contribution in [0.15, 0.2) is 0 Å². The third-order valence-electron chi connectivity index (χ3n) is 13.1. The van der Waals surface area contributed by atoms with Crippen LogP contribution in [0.4, 0.5) is 0 Å². The van der Waals surface area contributed by atoms with E-state index < -0.39 is 0 Å². The lowest BCUT2D eigenvalue weighted by molar-refractivity contribution is -0.160. The van der Waals surface area contributed by atoms with Gasteiger partial charge in [0.15, 0.2) is 0 Å². The van der Waals surface area contributed by atoms with Gasteiger partial charge in [0.2, 0.25) is 0 Å². The highest BCUT2D eigenvalue weighted by molar-refractivity contribution is 5.79. The summed E-state index contributed by atoms with van der Waals surface area (Å²) in [7, 11) is 1.66. The van der Waals surface area contributed by atoms with Crippen LogP contribution in [0.25, 0.3) is 0 Å². The monoisotopic (exact) mass is 352 g/mol. The Morgan fingerprint density at radius 2 is 1.50 bits per heavy atom. The largest absolute Gasteiger partial charge is 0.469 e. The minimum atomic E-state index is -0.176. The standard InChI is InChI=1S/C24H32O2/c1-22-8-7-11-16-14-13-15(24(16,3)21(25)26-4)9-5-6-10-12(9)18(13)23(2,20(10)22)19(14)17(11)22/h9-20H,5-8H2,1-4H3/t9-,10-,11-,12-,13-,14+,15-,16-,17+,18-,19-,20-,22+,23-,24+/m1/s1. The number of carbonyl (C=O) groups is 1. The average Bonchev–Trinajstić information content (AvgIpc) is 3.36. The summed E-state index contributed by atoms with van der Waals surface area (Å²) < 4.78 is 5.56. The van der Waals surface area contributed by atoms with Crippen molar-refractivity contribution in [1.82, 2.24) is 0 Å². The van der Waals surface area contributed by atoms with Gasteiger partial charge in [0.25, 0.3) is 0 Å². The lowest BCUT2D eigenvalue weighted by atomic mass is 9.61. The van der Waals surface area contributed by atoms with Crippen LogP contribution in [-0.2, 0) is 9.53 Å². The third-order valence-corrected chi connectivity index (χ3v) is 13.1. The van der Waals surface area contributed by atoms with E-state index >= 15 is 0 Å². The lowest BCUT2D eigenvalue weighted by Crippen LogP contribution is -2.45. The molecule has 0 aliphatic heterocycles. The van der Waals surface area contributed by atoms with E-state index in [0.29, 0.717) is 22.7 Å². The van der Waals surface area contributed by atoms with Crippen LogP contribution in [0, 0.1) is 87.3 Å². The van der Waals surface area contributed by atoms with E-state index in [1.807, 2.05) is 0 Å². The van der Waals surface area contributed by atoms with Crippen molar-refractivity contribution in [2.45, 2.75) is 46.5 Å². The molecule has 0 aromatic heterocycles. The Hall–Kier alpha value is -0.530. The molecule has 0 N–H and O–H groups in total. The highest BCUT2D eigenvalue weighted by Gasteiger charge is 2.92. The summed E-state index contributed by atoms with van der Waals surface area (Å²) in [5, 5.41) is 0. The zero-order chi connectivity index (χ0) is 17.5. The van der Waals surface area contributed by atoms with Crippen LogP contribution in [-0.4, -0.2) is 13.1 Å². The summed E-state index contributed by atoms with van der Waals surface area (Å²) in [6.45, 7) is 7.86. The molecule has 8 saturated carbocycles. The molecule has 0 amide bonds. The maximum absolute atomic E-state index is 13.4. The van der Waals surface area contributed by atoms with Crippen LogP contribution in [0.3, 0.4) is 0 Å². The molecule has 0 aromatic carbocycles. The van der Waals surface area contributed by atoms with Gasteiger partial charge in [-0.25, -0.2) is 0 Å². The van der Waals surface area contributed by atoms with E-state index in [1.165, 1.54) is 25.7 Å². The molecule has 8 rings (SSSR count). The first-order chi connectivity index (χ1) is 12.4. The van der Waals surface area contributed by atoms with E-state index in [1.54, 1.807) is 7.11 Å². The van der Waals surface area contributed by atoms with Crippen molar-refractivity contribution in [3.8, 4) is 0 Å². The zero-order valence-electron chi connectivity index (χ0n) is 16.6. The number of ether oxygens (including phenoxy) is 1. The summed E-state index contributed by atoms with van der Waals surface area (Å²) in [6, 6.07) is 0. The molecule has 140 valence electrons. The van der Waals surface area contributed by atoms with E-state index in [4.69, 9.17) is 4.74 Å². The Bertz CT molecular complexity index is 789. The molecule has 2 nitrogen and oxygen atoms in total. The number of carbonyl (C=O) groups excluding carboxylic acids is 1. The fraction of sp³-hybridized carbons (Fsp3) is 0.958. The summed E-state index contributed by atoms with van der Waals surface area (Å²) in [5.74, 6) is 10.7. The average molecular weight is 353 g/mol. The van der Waals surface area contributed by atoms with Crippen molar-refractivity contribution < 1.29 is 9.53 Å². The molecule has 0 bridgehead atoms. The fourth-order valence-electron chi connectivity index (χ4n) is 14.0. The molecule has 0 unspecified atom stereocenters. The molecular formula is C24H32O2. The molecule has 0 radical (unpaired) electrons. The van der Waals surface area contributed by atoms with Crippen LogP contribution in [0.1, 0.15) is 46.5 Å². The van der Waals surface area contributed by atoms with Crippen molar-refractivity contribution in [3.05, 3.63) is 0 Å². The van der Waals surface area contributed by atoms with Gasteiger partial charge in [-0.1, -0.05) is 13.8 Å². The SMILES string of the molecule is COC(=O)[C@@]1(C)[C@@H]2[C@@H]3CC[C@@H]4[C@@H]3[C@@H]3[C@@H]2[C@H]2[C@H]1[C@H]1CC[C@@]5(C)[C@@H]1[C@@H]2[C@]3(C)[C@H]45. The molecule has 15 atom stereocenters. The number of hydrogen-bond donors (Lipinski definition) is 0. The van der Waals surface area contributed by atoms with Crippen molar-refractivity contribution >= 4 is 5.97 Å². The van der Waals surface area contributed by atoms with Gasteiger partial charge in [-0.2, -0.15) is 0 Å². The molecule has 0 aromatic rings. The zero-order valence-corrected chi connectivity index (χ0v) is 16.6. The van der Waals surface area contributed by atoms with Gasteiger partial charge in [0.1, 0.15) is 0 Å². The molecule has 8 aliphatic rings. The number of hydrogen-bond acceptors (Lipinski definition) is 2. The maximum atomic E-state index is 13.4. The number of esters is 1. The highest BCUT2D eigenvalue weighted by Crippen LogP contribution is 2.95. The summed E-state index contributed by atoms with van der Waals surface area (Å²) in [5.41, 5.74) is 1.04. The maximum Gasteiger partial charge on any atom is 0.312 e. The minimum absolute atomic E-state index is 0.164. The molecule has 2 heteroatoms. The van der Waals surface area contributed by atoms with Crippen molar-refractivity contribution in [2.24, 2.45) is 87.3 Å². The lowest BCUT2D eigenvalue weighted by Gasteiger charge is -2.43. The van der Waals surface area contributed by atoms with Crippen molar-refractivity contribution in [1.29, 1.82) is 0 Å². The van der Waals surface area contributed by atoms with E-state index in [0.717, 1.165) is 59.2 Å². The van der Waals surface area contributed by atoms with Gasteiger partial charge in [-0.15, -0.1) is 0 Å². The van der Waals surface area contributed by atoms with E-state index in [9.17, 15) is 4.79 Å². The van der Waals surface area contributed by atoms with Gasteiger partial charge >= 0.3 is 5.97 Å². The van der Waals surface area contributed by atoms with E-state index in [2.05, 4.69) is 20.8 Å². The predicted octanol–water partition coefficient (Wildman–Crippen LogP) is 4.24. The molecule has 8 fully saturated rings. The van der Waals surface area contributed by atoms with Gasteiger partial charge < -0.3 is 4.74 Å². The predicted molar refractivity (Wildman–Crippen MR) is 96.7 cm³/mol. The first-order valence-electron chi connectivity index (χ1n) is 11.5. The fourth-order valence-corrected chi connectivity index (χ4v) is 14.0. The van der Waals surface area contributed by atoms with Crippen molar-refractivity contribution in [2.75, 3.05) is 7.11 Å². The summed E-state index contributed by atoms with van der Waals surface area (Å²) in [6.07, 6.45) is 5.75. The normalized spacial score (nSPS) is 77.2. The first-order valence-corrected chi connectivity index (χ1v) is 11.5. The van der Waals surface area contributed by atoms with Crippen LogP contribution in [0.2, 0.25) is 0 Å².